The smallest absolute Gasteiger partial charge is 0.387 e. The van der Waals surface area contributed by atoms with Crippen LogP contribution in [0, 0.1) is 0 Å². The van der Waals surface area contributed by atoms with Crippen LogP contribution >= 0.6 is 11.6 Å². The normalized spacial score (nSPS) is 10.5. The Labute approximate surface area is 124 Å². The van der Waals surface area contributed by atoms with E-state index in [1.165, 1.54) is 30.3 Å². The standard InChI is InChI=1S/C14H11ClF2N2O2/c15-8-5-6-10(18)9(7-8)13(20)19-11-3-1-2-4-12(11)21-14(16)17/h1-7,14H,18H2,(H,19,20). The Morgan fingerprint density at radius 3 is 2.67 bits per heavy atom. The number of rotatable bonds is 4. The Bertz CT molecular complexity index is 665. The van der Waals surface area contributed by atoms with Crippen molar-refractivity contribution in [3.8, 4) is 5.75 Å². The lowest BCUT2D eigenvalue weighted by Gasteiger charge is -2.12. The van der Waals surface area contributed by atoms with Gasteiger partial charge in [0.15, 0.2) is 0 Å². The minimum atomic E-state index is -2.99. The van der Waals surface area contributed by atoms with Crippen LogP contribution in [0.25, 0.3) is 0 Å². The molecule has 110 valence electrons. The van der Waals surface area contributed by atoms with Crippen LogP contribution in [0.15, 0.2) is 42.5 Å². The molecular weight excluding hydrogens is 302 g/mol. The largest absolute Gasteiger partial charge is 0.433 e. The topological polar surface area (TPSA) is 64.4 Å². The van der Waals surface area contributed by atoms with Gasteiger partial charge in [-0.1, -0.05) is 23.7 Å². The number of anilines is 2. The maximum absolute atomic E-state index is 12.3. The van der Waals surface area contributed by atoms with Crippen molar-refractivity contribution in [2.75, 3.05) is 11.1 Å². The van der Waals surface area contributed by atoms with E-state index in [1.807, 2.05) is 0 Å². The lowest BCUT2D eigenvalue weighted by molar-refractivity contribution is -0.0493. The Kier molecular flexibility index (Phi) is 4.59. The summed E-state index contributed by atoms with van der Waals surface area (Å²) >= 11 is 5.80. The van der Waals surface area contributed by atoms with Gasteiger partial charge in [-0.15, -0.1) is 0 Å². The van der Waals surface area contributed by atoms with E-state index < -0.39 is 12.5 Å². The van der Waals surface area contributed by atoms with Crippen LogP contribution in [-0.4, -0.2) is 12.5 Å². The second-order valence-electron chi connectivity index (χ2n) is 4.06. The molecule has 21 heavy (non-hydrogen) atoms. The third kappa shape index (κ3) is 3.82. The van der Waals surface area contributed by atoms with Crippen molar-refractivity contribution in [1.29, 1.82) is 0 Å². The minimum absolute atomic E-state index is 0.113. The van der Waals surface area contributed by atoms with Gasteiger partial charge in [0.1, 0.15) is 5.75 Å². The number of carbonyl (C=O) groups is 1. The zero-order valence-corrected chi connectivity index (χ0v) is 11.4. The first-order chi connectivity index (χ1) is 9.97. The first-order valence-corrected chi connectivity index (χ1v) is 6.25. The zero-order valence-electron chi connectivity index (χ0n) is 10.6. The molecule has 0 aliphatic carbocycles. The maximum atomic E-state index is 12.3. The van der Waals surface area contributed by atoms with Crippen LogP contribution in [0.5, 0.6) is 5.75 Å². The van der Waals surface area contributed by atoms with Gasteiger partial charge in [-0.2, -0.15) is 8.78 Å². The number of hydrogen-bond acceptors (Lipinski definition) is 3. The van der Waals surface area contributed by atoms with E-state index >= 15 is 0 Å². The van der Waals surface area contributed by atoms with Crippen LogP contribution in [0.3, 0.4) is 0 Å². The number of carbonyl (C=O) groups excluding carboxylic acids is 1. The summed E-state index contributed by atoms with van der Waals surface area (Å²) < 4.78 is 28.9. The number of benzene rings is 2. The van der Waals surface area contributed by atoms with Gasteiger partial charge in [-0.3, -0.25) is 4.79 Å². The van der Waals surface area contributed by atoms with Crippen LogP contribution in [0.1, 0.15) is 10.4 Å². The van der Waals surface area contributed by atoms with Crippen LogP contribution in [0.4, 0.5) is 20.2 Å². The number of nitrogens with two attached hydrogens (primary N) is 1. The van der Waals surface area contributed by atoms with Crippen molar-refractivity contribution in [2.45, 2.75) is 6.61 Å². The molecule has 0 fully saturated rings. The van der Waals surface area contributed by atoms with E-state index in [-0.39, 0.29) is 22.7 Å². The zero-order chi connectivity index (χ0) is 15.4. The van der Waals surface area contributed by atoms with E-state index in [9.17, 15) is 13.6 Å². The quantitative estimate of drug-likeness (QED) is 0.845. The van der Waals surface area contributed by atoms with Crippen molar-refractivity contribution in [1.82, 2.24) is 0 Å². The van der Waals surface area contributed by atoms with Gasteiger partial charge in [0.25, 0.3) is 5.91 Å². The van der Waals surface area contributed by atoms with Crippen molar-refractivity contribution in [3.63, 3.8) is 0 Å². The Hall–Kier alpha value is -2.34. The van der Waals surface area contributed by atoms with Crippen LogP contribution in [-0.2, 0) is 0 Å². The van der Waals surface area contributed by atoms with E-state index in [4.69, 9.17) is 17.3 Å². The second-order valence-corrected chi connectivity index (χ2v) is 4.50. The molecule has 2 aromatic rings. The average Bonchev–Trinajstić information content (AvgIpc) is 2.43. The number of nitrogen functional groups attached to an aromatic ring is 1. The van der Waals surface area contributed by atoms with Gasteiger partial charge in [0, 0.05) is 10.7 Å². The summed E-state index contributed by atoms with van der Waals surface area (Å²) in [4.78, 5) is 12.1. The van der Waals surface area contributed by atoms with Gasteiger partial charge in [0.05, 0.1) is 11.3 Å². The predicted molar refractivity (Wildman–Crippen MR) is 76.9 cm³/mol. The summed E-state index contributed by atoms with van der Waals surface area (Å²) in [5.41, 5.74) is 6.18. The number of nitrogens with one attached hydrogen (secondary N) is 1. The molecule has 3 N–H and O–H groups in total. The fraction of sp³-hybridized carbons (Fsp3) is 0.0714. The highest BCUT2D eigenvalue weighted by Gasteiger charge is 2.14. The number of ether oxygens (including phenoxy) is 1. The van der Waals surface area contributed by atoms with Gasteiger partial charge < -0.3 is 15.8 Å². The van der Waals surface area contributed by atoms with Crippen LogP contribution < -0.4 is 15.8 Å². The Morgan fingerprint density at radius 2 is 1.95 bits per heavy atom. The Morgan fingerprint density at radius 1 is 1.24 bits per heavy atom. The van der Waals surface area contributed by atoms with Gasteiger partial charge in [-0.05, 0) is 30.3 Å². The van der Waals surface area contributed by atoms with Crippen molar-refractivity contribution in [3.05, 3.63) is 53.1 Å². The van der Waals surface area contributed by atoms with Crippen molar-refractivity contribution in [2.24, 2.45) is 0 Å². The molecule has 0 atom stereocenters. The lowest BCUT2D eigenvalue weighted by Crippen LogP contribution is -2.15. The lowest BCUT2D eigenvalue weighted by atomic mass is 10.1. The van der Waals surface area contributed by atoms with E-state index in [2.05, 4.69) is 10.1 Å². The third-order valence-corrected chi connectivity index (χ3v) is 2.85. The molecule has 0 radical (unpaired) electrons. The molecule has 1 amide bonds. The third-order valence-electron chi connectivity index (χ3n) is 2.61. The summed E-state index contributed by atoms with van der Waals surface area (Å²) in [6, 6.07) is 10.3. The predicted octanol–water partition coefficient (Wildman–Crippen LogP) is 3.78. The molecule has 0 heterocycles. The molecule has 4 nitrogen and oxygen atoms in total. The summed E-state index contributed by atoms with van der Waals surface area (Å²) in [6.07, 6.45) is 0. The average molecular weight is 313 g/mol. The van der Waals surface area contributed by atoms with Gasteiger partial charge >= 0.3 is 6.61 Å². The summed E-state index contributed by atoms with van der Waals surface area (Å²) in [5.74, 6) is -0.707. The van der Waals surface area contributed by atoms with Gasteiger partial charge in [-0.25, -0.2) is 0 Å². The van der Waals surface area contributed by atoms with E-state index in [0.717, 1.165) is 0 Å². The summed E-state index contributed by atoms with van der Waals surface area (Å²) in [5, 5.41) is 2.80. The molecule has 0 aromatic heterocycles. The minimum Gasteiger partial charge on any atom is -0.433 e. The fourth-order valence-electron chi connectivity index (χ4n) is 1.68. The first-order valence-electron chi connectivity index (χ1n) is 5.87. The van der Waals surface area contributed by atoms with Crippen molar-refractivity contribution >= 4 is 28.9 Å². The number of para-hydroxylation sites is 2. The fourth-order valence-corrected chi connectivity index (χ4v) is 1.86. The highest BCUT2D eigenvalue weighted by atomic mass is 35.5. The number of alkyl halides is 2. The molecular formula is C14H11ClF2N2O2. The maximum Gasteiger partial charge on any atom is 0.387 e. The van der Waals surface area contributed by atoms with Crippen LogP contribution in [0.2, 0.25) is 5.02 Å². The summed E-state index contributed by atoms with van der Waals surface area (Å²) in [6.45, 7) is -2.99. The molecule has 7 heteroatoms. The number of hydrogen-bond donors (Lipinski definition) is 2. The highest BCUT2D eigenvalue weighted by Crippen LogP contribution is 2.27. The molecule has 0 aliphatic heterocycles. The van der Waals surface area contributed by atoms with Crippen molar-refractivity contribution < 1.29 is 18.3 Å². The van der Waals surface area contributed by atoms with E-state index in [1.54, 1.807) is 12.1 Å². The molecule has 0 spiro atoms. The second kappa shape index (κ2) is 6.41. The highest BCUT2D eigenvalue weighted by molar-refractivity contribution is 6.31. The molecule has 0 aliphatic rings. The first kappa shape index (κ1) is 15.1. The molecule has 0 saturated heterocycles. The molecule has 2 aromatic carbocycles. The SMILES string of the molecule is Nc1ccc(Cl)cc1C(=O)Nc1ccccc1OC(F)F. The molecule has 0 unspecified atom stereocenters. The molecule has 0 bridgehead atoms. The monoisotopic (exact) mass is 312 g/mol. The van der Waals surface area contributed by atoms with Gasteiger partial charge in [0.2, 0.25) is 0 Å². The Balaban J connectivity index is 2.25. The molecule has 0 saturated carbocycles. The summed E-state index contributed by atoms with van der Waals surface area (Å²) in [7, 11) is 0. The number of halogens is 3. The molecule has 2 rings (SSSR count). The number of amides is 1. The van der Waals surface area contributed by atoms with E-state index in [0.29, 0.717) is 5.02 Å².